The number of fused-ring (bicyclic) bond motifs is 1. The Labute approximate surface area is 168 Å². The van der Waals surface area contributed by atoms with Crippen LogP contribution in [-0.2, 0) is 22.3 Å². The van der Waals surface area contributed by atoms with Crippen LogP contribution in [0.2, 0.25) is 0 Å². The topological polar surface area (TPSA) is 131 Å². The molecule has 0 unspecified atom stereocenters. The van der Waals surface area contributed by atoms with Crippen molar-refractivity contribution in [3.8, 4) is 11.3 Å². The molecule has 3 rings (SSSR count). The van der Waals surface area contributed by atoms with Crippen molar-refractivity contribution in [3.05, 3.63) is 60.4 Å². The summed E-state index contributed by atoms with van der Waals surface area (Å²) in [6.07, 6.45) is 0.0711. The molecule has 0 bridgehead atoms. The molecule has 0 saturated heterocycles. The third-order valence-electron chi connectivity index (χ3n) is 3.75. The Morgan fingerprint density at radius 3 is 2.17 bits per heavy atom. The fourth-order valence-corrected chi connectivity index (χ4v) is 2.49. The van der Waals surface area contributed by atoms with Crippen molar-refractivity contribution in [2.75, 3.05) is 6.54 Å². The third-order valence-corrected chi connectivity index (χ3v) is 3.75. The lowest BCUT2D eigenvalue weighted by molar-refractivity contribution is -0.137. The molecule has 0 atom stereocenters. The maximum absolute atomic E-state index is 12.6. The molecule has 0 amide bonds. The SMILES string of the molecule is NCCn1nc(-c2ccc(C(F)(F)F)cc2)c2cnccc21.O=C(O)/C=C\C(=O)O. The number of halogens is 3. The number of aromatic nitrogens is 3. The molecule has 3 aromatic rings. The summed E-state index contributed by atoms with van der Waals surface area (Å²) < 4.78 is 39.6. The third kappa shape index (κ3) is 5.88. The van der Waals surface area contributed by atoms with E-state index in [-0.39, 0.29) is 0 Å². The minimum absolute atomic E-state index is 0.422. The fourth-order valence-electron chi connectivity index (χ4n) is 2.49. The summed E-state index contributed by atoms with van der Waals surface area (Å²) in [6.45, 7) is 0.951. The van der Waals surface area contributed by atoms with E-state index in [4.69, 9.17) is 15.9 Å². The molecule has 0 radical (unpaired) electrons. The number of hydrogen-bond acceptors (Lipinski definition) is 5. The van der Waals surface area contributed by atoms with Crippen molar-refractivity contribution in [2.45, 2.75) is 12.7 Å². The largest absolute Gasteiger partial charge is 0.478 e. The molecule has 8 nitrogen and oxygen atoms in total. The number of alkyl halides is 3. The van der Waals surface area contributed by atoms with Crippen molar-refractivity contribution in [2.24, 2.45) is 5.73 Å². The van der Waals surface area contributed by atoms with Crippen molar-refractivity contribution < 1.29 is 33.0 Å². The zero-order chi connectivity index (χ0) is 22.3. The number of carbonyl (C=O) groups is 2. The van der Waals surface area contributed by atoms with E-state index in [0.717, 1.165) is 23.0 Å². The van der Waals surface area contributed by atoms with Crippen LogP contribution in [0.5, 0.6) is 0 Å². The van der Waals surface area contributed by atoms with Crippen molar-refractivity contribution >= 4 is 22.8 Å². The van der Waals surface area contributed by atoms with Crippen LogP contribution >= 0.6 is 0 Å². The van der Waals surface area contributed by atoms with Gasteiger partial charge >= 0.3 is 18.1 Å². The molecule has 4 N–H and O–H groups in total. The van der Waals surface area contributed by atoms with Gasteiger partial charge in [-0.15, -0.1) is 0 Å². The second-order valence-corrected chi connectivity index (χ2v) is 5.84. The predicted octanol–water partition coefficient (Wildman–Crippen LogP) is 2.79. The average Bonchev–Trinajstić information content (AvgIpc) is 3.05. The number of rotatable bonds is 5. The van der Waals surface area contributed by atoms with E-state index in [0.29, 0.717) is 36.5 Å². The summed E-state index contributed by atoms with van der Waals surface area (Å²) in [7, 11) is 0. The molecular weight excluding hydrogens is 405 g/mol. The van der Waals surface area contributed by atoms with Gasteiger partial charge in [-0.3, -0.25) is 9.67 Å². The molecule has 2 heterocycles. The van der Waals surface area contributed by atoms with Gasteiger partial charge in [0.2, 0.25) is 0 Å². The monoisotopic (exact) mass is 422 g/mol. The number of pyridine rings is 1. The van der Waals surface area contributed by atoms with E-state index in [9.17, 15) is 22.8 Å². The summed E-state index contributed by atoms with van der Waals surface area (Å²) >= 11 is 0. The molecule has 0 aliphatic carbocycles. The van der Waals surface area contributed by atoms with Crippen LogP contribution in [0.3, 0.4) is 0 Å². The molecular formula is C19H17F3N4O4. The average molecular weight is 422 g/mol. The number of nitrogens with two attached hydrogens (primary N) is 1. The zero-order valence-electron chi connectivity index (χ0n) is 15.4. The highest BCUT2D eigenvalue weighted by Gasteiger charge is 2.30. The number of nitrogens with zero attached hydrogens (tertiary/aromatic N) is 3. The van der Waals surface area contributed by atoms with Gasteiger partial charge in [-0.2, -0.15) is 18.3 Å². The number of hydrogen-bond donors (Lipinski definition) is 3. The molecule has 158 valence electrons. The first-order valence-electron chi connectivity index (χ1n) is 8.45. The normalized spacial score (nSPS) is 11.3. The maximum Gasteiger partial charge on any atom is 0.416 e. The molecule has 0 spiro atoms. The summed E-state index contributed by atoms with van der Waals surface area (Å²) in [5, 5.41) is 20.9. The Morgan fingerprint density at radius 1 is 1.07 bits per heavy atom. The van der Waals surface area contributed by atoms with Crippen LogP contribution in [0.25, 0.3) is 22.2 Å². The Hall–Kier alpha value is -3.73. The molecule has 11 heteroatoms. The van der Waals surface area contributed by atoms with Gasteiger partial charge in [0.05, 0.1) is 17.6 Å². The van der Waals surface area contributed by atoms with Crippen molar-refractivity contribution in [1.82, 2.24) is 14.8 Å². The van der Waals surface area contributed by atoms with Gasteiger partial charge in [0.1, 0.15) is 5.69 Å². The molecule has 1 aromatic carbocycles. The van der Waals surface area contributed by atoms with Gasteiger partial charge in [-0.1, -0.05) is 12.1 Å². The van der Waals surface area contributed by atoms with E-state index in [1.165, 1.54) is 12.1 Å². The van der Waals surface area contributed by atoms with Crippen LogP contribution in [-0.4, -0.2) is 43.5 Å². The van der Waals surface area contributed by atoms with E-state index in [1.54, 1.807) is 17.1 Å². The first-order valence-corrected chi connectivity index (χ1v) is 8.45. The first-order chi connectivity index (χ1) is 14.1. The van der Waals surface area contributed by atoms with E-state index in [1.807, 2.05) is 6.07 Å². The highest BCUT2D eigenvalue weighted by molar-refractivity contribution is 5.92. The smallest absolute Gasteiger partial charge is 0.416 e. The van der Waals surface area contributed by atoms with Crippen LogP contribution < -0.4 is 5.73 Å². The van der Waals surface area contributed by atoms with Crippen molar-refractivity contribution in [3.63, 3.8) is 0 Å². The summed E-state index contributed by atoms with van der Waals surface area (Å²) in [4.78, 5) is 23.2. The van der Waals surface area contributed by atoms with Gasteiger partial charge in [0.25, 0.3) is 0 Å². The minimum Gasteiger partial charge on any atom is -0.478 e. The van der Waals surface area contributed by atoms with Gasteiger partial charge in [-0.25, -0.2) is 9.59 Å². The molecule has 0 aliphatic heterocycles. The van der Waals surface area contributed by atoms with Gasteiger partial charge in [-0.05, 0) is 18.2 Å². The second kappa shape index (κ2) is 9.65. The maximum atomic E-state index is 12.6. The van der Waals surface area contributed by atoms with Crippen LogP contribution in [0.1, 0.15) is 5.56 Å². The molecule has 0 saturated carbocycles. The lowest BCUT2D eigenvalue weighted by Crippen LogP contribution is -2.10. The summed E-state index contributed by atoms with van der Waals surface area (Å²) in [5.41, 5.74) is 6.96. The summed E-state index contributed by atoms with van der Waals surface area (Å²) in [6, 6.07) is 6.76. The van der Waals surface area contributed by atoms with Gasteiger partial charge < -0.3 is 15.9 Å². The lowest BCUT2D eigenvalue weighted by atomic mass is 10.1. The van der Waals surface area contributed by atoms with Crippen LogP contribution in [0.4, 0.5) is 13.2 Å². The Morgan fingerprint density at radius 2 is 1.67 bits per heavy atom. The predicted molar refractivity (Wildman–Crippen MR) is 101 cm³/mol. The van der Waals surface area contributed by atoms with Crippen LogP contribution in [0.15, 0.2) is 54.9 Å². The van der Waals surface area contributed by atoms with E-state index >= 15 is 0 Å². The van der Waals surface area contributed by atoms with E-state index in [2.05, 4.69) is 10.1 Å². The zero-order valence-corrected chi connectivity index (χ0v) is 15.4. The van der Waals surface area contributed by atoms with E-state index < -0.39 is 23.7 Å². The van der Waals surface area contributed by atoms with Gasteiger partial charge in [0, 0.05) is 42.0 Å². The van der Waals surface area contributed by atoms with Gasteiger partial charge in [0.15, 0.2) is 0 Å². The highest BCUT2D eigenvalue weighted by Crippen LogP contribution is 2.32. The van der Waals surface area contributed by atoms with Crippen LogP contribution in [0, 0.1) is 0 Å². The Balaban J connectivity index is 0.000000343. The summed E-state index contributed by atoms with van der Waals surface area (Å²) in [5.74, 6) is -2.51. The Kier molecular flexibility index (Phi) is 7.26. The Bertz CT molecular complexity index is 1040. The number of carboxylic acids is 2. The molecule has 0 fully saturated rings. The molecule has 0 aliphatic rings. The highest BCUT2D eigenvalue weighted by atomic mass is 19.4. The minimum atomic E-state index is -4.35. The second-order valence-electron chi connectivity index (χ2n) is 5.84. The quantitative estimate of drug-likeness (QED) is 0.539. The number of carboxylic acid groups (broad SMARTS) is 2. The fraction of sp³-hybridized carbons (Fsp3) is 0.158. The first kappa shape index (κ1) is 22.6. The molecule has 30 heavy (non-hydrogen) atoms. The standard InChI is InChI=1S/C15H13F3N4.C4H4O4/c16-15(17,18)11-3-1-10(2-4-11)14-12-9-20-7-5-13(12)22(21-14)8-6-19;5-3(6)1-2-4(7)8/h1-5,7,9H,6,8,19H2;1-2H,(H,5,6)(H,7,8)/b;2-1-. The van der Waals surface area contributed by atoms with Crippen molar-refractivity contribution in [1.29, 1.82) is 0 Å². The number of aliphatic carboxylic acids is 2. The molecule has 2 aromatic heterocycles. The lowest BCUT2D eigenvalue weighted by Gasteiger charge is -2.06. The number of benzene rings is 1.